The molecule has 0 aliphatic carbocycles. The van der Waals surface area contributed by atoms with Gasteiger partial charge in [0.15, 0.2) is 0 Å². The van der Waals surface area contributed by atoms with Crippen LogP contribution >= 0.6 is 0 Å². The molecule has 5 heterocycles. The summed E-state index contributed by atoms with van der Waals surface area (Å²) < 4.78 is 0. The largest absolute Gasteiger partial charge is 3.00 e. The van der Waals surface area contributed by atoms with Gasteiger partial charge in [0, 0.05) is 18.6 Å². The quantitative estimate of drug-likeness (QED) is 0.118. The van der Waals surface area contributed by atoms with Gasteiger partial charge in [0.2, 0.25) is 0 Å². The normalized spacial score (nSPS) is 11.5. The Balaban J connectivity index is 0.00000516. The van der Waals surface area contributed by atoms with Gasteiger partial charge >= 0.3 is 20.1 Å². The van der Waals surface area contributed by atoms with Gasteiger partial charge in [0.1, 0.15) is 0 Å². The van der Waals surface area contributed by atoms with E-state index in [-0.39, 0.29) is 20.1 Å². The van der Waals surface area contributed by atoms with Crippen LogP contribution in [-0.4, -0.2) is 24.9 Å². The van der Waals surface area contributed by atoms with Gasteiger partial charge in [0.25, 0.3) is 0 Å². The molecule has 0 unspecified atom stereocenters. The van der Waals surface area contributed by atoms with Crippen LogP contribution in [0.25, 0.3) is 143 Å². The second kappa shape index (κ2) is 18.3. The minimum atomic E-state index is 0. The molecule has 5 nitrogen and oxygen atoms in total. The Hall–Kier alpha value is -9.06. The summed E-state index contributed by atoms with van der Waals surface area (Å²) >= 11 is 0. The van der Waals surface area contributed by atoms with Gasteiger partial charge in [-0.2, -0.15) is 0 Å². The summed E-state index contributed by atoms with van der Waals surface area (Å²) in [5, 5.41) is 8.36. The standard InChI is InChI=1S/C67H38N5.Ir/c1-2-16-42(17-3-1)63-31-30-43(39-70-63)49-18-4-5-19-50(49)44-34-45(51-20-6-8-22-53(51)47-37-61-55-24-10-12-26-57(55)64-59(28-14-32-68-64)66(61)71-40-47)36-46(35-44)52-21-7-9-23-54(52)48-38-62-56-25-11-13-27-58(56)65-60(29-15-33-69-65)67(62)72-41-48;/h1-16,18-27,30-41H;/q-3;+3. The van der Waals surface area contributed by atoms with Crippen molar-refractivity contribution in [2.75, 3.05) is 0 Å². The molecule has 5 aromatic heterocycles. The zero-order valence-corrected chi connectivity index (χ0v) is 41.4. The third-order valence-corrected chi connectivity index (χ3v) is 14.0. The number of nitrogens with zero attached hydrogens (tertiary/aromatic N) is 5. The third kappa shape index (κ3) is 7.55. The summed E-state index contributed by atoms with van der Waals surface area (Å²) in [6.07, 6.45) is 9.60. The molecule has 14 rings (SSSR count). The van der Waals surface area contributed by atoms with E-state index >= 15 is 0 Å². The molecule has 73 heavy (non-hydrogen) atoms. The molecule has 0 amide bonds. The molecule has 6 heteroatoms. The first-order chi connectivity index (χ1) is 35.7. The van der Waals surface area contributed by atoms with Crippen molar-refractivity contribution in [2.45, 2.75) is 0 Å². The zero-order valence-electron chi connectivity index (χ0n) is 39.0. The summed E-state index contributed by atoms with van der Waals surface area (Å²) in [6, 6.07) is 80.7. The number of rotatable bonds is 7. The number of benzene rings is 9. The van der Waals surface area contributed by atoms with Gasteiger partial charge in [-0.05, 0) is 145 Å². The predicted octanol–water partition coefficient (Wildman–Crippen LogP) is 16.6. The van der Waals surface area contributed by atoms with Crippen LogP contribution in [0, 0.1) is 18.2 Å². The molecule has 14 aromatic rings. The van der Waals surface area contributed by atoms with E-state index in [1.54, 1.807) is 12.4 Å². The molecule has 0 spiro atoms. The van der Waals surface area contributed by atoms with E-state index in [0.717, 1.165) is 143 Å². The van der Waals surface area contributed by atoms with Crippen molar-refractivity contribution in [1.82, 2.24) is 24.9 Å². The fourth-order valence-electron chi connectivity index (χ4n) is 10.7. The SMILES string of the molecule is [Ir+3].[c-]1ccccc1-c1ccc(-c2ccccc2-c2cc(-c3ccccc3-c3cnc4c5[c-]ccnc5c5ccccc5c4c3)cc(-c3ccccc3-c3cnc4c5[c-]ccnc5c5ccccc5c4c3)c2)cn1. The van der Waals surface area contributed by atoms with Crippen LogP contribution in [-0.2, 0) is 20.1 Å². The Kier molecular flexibility index (Phi) is 11.0. The Morgan fingerprint density at radius 2 is 0.671 bits per heavy atom. The molecule has 0 atom stereocenters. The summed E-state index contributed by atoms with van der Waals surface area (Å²) in [5.74, 6) is 0. The molecular weight excluding hydrogens is 1070 g/mol. The number of fused-ring (bicyclic) bond motifs is 12. The third-order valence-electron chi connectivity index (χ3n) is 14.0. The van der Waals surface area contributed by atoms with Crippen LogP contribution in [0.4, 0.5) is 0 Å². The van der Waals surface area contributed by atoms with Gasteiger partial charge < -0.3 is 24.9 Å². The van der Waals surface area contributed by atoms with Gasteiger partial charge in [-0.15, -0.1) is 60.2 Å². The number of hydrogen-bond donors (Lipinski definition) is 0. The van der Waals surface area contributed by atoms with Crippen LogP contribution in [0.3, 0.4) is 0 Å². The van der Waals surface area contributed by atoms with Crippen molar-refractivity contribution >= 4 is 65.2 Å². The second-order valence-corrected chi connectivity index (χ2v) is 18.1. The van der Waals surface area contributed by atoms with E-state index in [1.165, 1.54) is 0 Å². The molecule has 0 aliphatic rings. The van der Waals surface area contributed by atoms with E-state index in [1.807, 2.05) is 55.0 Å². The van der Waals surface area contributed by atoms with Gasteiger partial charge in [-0.25, -0.2) is 0 Å². The molecule has 0 N–H and O–H groups in total. The minimum Gasteiger partial charge on any atom is -0.352 e. The van der Waals surface area contributed by atoms with Crippen LogP contribution in [0.5, 0.6) is 0 Å². The fourth-order valence-corrected chi connectivity index (χ4v) is 10.7. The topological polar surface area (TPSA) is 64.5 Å². The van der Waals surface area contributed by atoms with Gasteiger partial charge in [0.05, 0.1) is 0 Å². The summed E-state index contributed by atoms with van der Waals surface area (Å²) in [5.41, 5.74) is 18.3. The van der Waals surface area contributed by atoms with E-state index in [4.69, 9.17) is 24.9 Å². The molecule has 0 saturated heterocycles. The number of pyridine rings is 5. The number of aromatic nitrogens is 5. The molecule has 0 bridgehead atoms. The van der Waals surface area contributed by atoms with Crippen LogP contribution in [0.2, 0.25) is 0 Å². The van der Waals surface area contributed by atoms with Crippen LogP contribution < -0.4 is 0 Å². The monoisotopic (exact) mass is 1110 g/mol. The fraction of sp³-hybridized carbons (Fsp3) is 0. The molecule has 0 fully saturated rings. The first-order valence-electron chi connectivity index (χ1n) is 24.0. The molecular formula is C67H38IrN5. The van der Waals surface area contributed by atoms with Crippen molar-refractivity contribution in [3.8, 4) is 78.0 Å². The number of hydrogen-bond acceptors (Lipinski definition) is 5. The van der Waals surface area contributed by atoms with Crippen molar-refractivity contribution in [3.05, 3.63) is 249 Å². The average Bonchev–Trinajstić information content (AvgIpc) is 3.47. The van der Waals surface area contributed by atoms with Crippen LogP contribution in [0.1, 0.15) is 0 Å². The van der Waals surface area contributed by atoms with E-state index < -0.39 is 0 Å². The first-order valence-corrected chi connectivity index (χ1v) is 24.0. The summed E-state index contributed by atoms with van der Waals surface area (Å²) in [4.78, 5) is 24.9. The van der Waals surface area contributed by atoms with Crippen LogP contribution in [0.15, 0.2) is 231 Å². The van der Waals surface area contributed by atoms with Gasteiger partial charge in [-0.3, -0.25) is 0 Å². The summed E-state index contributed by atoms with van der Waals surface area (Å²) in [6.45, 7) is 0. The van der Waals surface area contributed by atoms with Crippen molar-refractivity contribution in [1.29, 1.82) is 0 Å². The van der Waals surface area contributed by atoms with Crippen molar-refractivity contribution in [3.63, 3.8) is 0 Å². The Bertz CT molecular complexity index is 4170. The van der Waals surface area contributed by atoms with E-state index in [9.17, 15) is 0 Å². The Morgan fingerprint density at radius 3 is 1.11 bits per heavy atom. The van der Waals surface area contributed by atoms with Crippen molar-refractivity contribution < 1.29 is 20.1 Å². The smallest absolute Gasteiger partial charge is 0.352 e. The molecule has 0 saturated carbocycles. The maximum Gasteiger partial charge on any atom is 3.00 e. The predicted molar refractivity (Wildman–Crippen MR) is 295 cm³/mol. The second-order valence-electron chi connectivity index (χ2n) is 18.1. The van der Waals surface area contributed by atoms with Crippen molar-refractivity contribution in [2.24, 2.45) is 0 Å². The molecule has 0 radical (unpaired) electrons. The molecule has 9 aromatic carbocycles. The minimum absolute atomic E-state index is 0. The first kappa shape index (κ1) is 43.9. The van der Waals surface area contributed by atoms with E-state index in [2.05, 4.69) is 182 Å². The Morgan fingerprint density at radius 1 is 0.274 bits per heavy atom. The molecule has 340 valence electrons. The summed E-state index contributed by atoms with van der Waals surface area (Å²) in [7, 11) is 0. The maximum atomic E-state index is 5.18. The zero-order chi connectivity index (χ0) is 47.5. The average molecular weight is 1110 g/mol. The van der Waals surface area contributed by atoms with E-state index in [0.29, 0.717) is 0 Å². The Labute approximate surface area is 434 Å². The maximum absolute atomic E-state index is 5.18. The van der Waals surface area contributed by atoms with Gasteiger partial charge in [-0.1, -0.05) is 169 Å². The molecule has 0 aliphatic heterocycles.